The highest BCUT2D eigenvalue weighted by Crippen LogP contribution is 2.19. The van der Waals surface area contributed by atoms with Gasteiger partial charge in [0, 0.05) is 19.2 Å². The minimum absolute atomic E-state index is 0.356. The first-order chi connectivity index (χ1) is 4.24. The van der Waals surface area contributed by atoms with Crippen molar-refractivity contribution in [3.8, 4) is 0 Å². The number of hydrogen-bond donors (Lipinski definition) is 1. The van der Waals surface area contributed by atoms with E-state index in [4.69, 9.17) is 5.11 Å². The van der Waals surface area contributed by atoms with Gasteiger partial charge in [0.15, 0.2) is 0 Å². The molecule has 2 atom stereocenters. The average molecular weight is 129 g/mol. The molecule has 1 aliphatic rings. The van der Waals surface area contributed by atoms with Gasteiger partial charge in [0.25, 0.3) is 0 Å². The normalized spacial score (nSPS) is 37.7. The van der Waals surface area contributed by atoms with Gasteiger partial charge in [-0.25, -0.2) is 0 Å². The maximum atomic E-state index is 8.77. The van der Waals surface area contributed by atoms with Crippen LogP contribution in [0.3, 0.4) is 0 Å². The van der Waals surface area contributed by atoms with Gasteiger partial charge < -0.3 is 10.0 Å². The SMILES string of the molecule is C[C@H]1CC(CO)CN1C. The van der Waals surface area contributed by atoms with Crippen molar-refractivity contribution >= 4 is 0 Å². The van der Waals surface area contributed by atoms with Gasteiger partial charge in [0.2, 0.25) is 0 Å². The van der Waals surface area contributed by atoms with Crippen LogP contribution in [0.5, 0.6) is 0 Å². The molecule has 1 heterocycles. The van der Waals surface area contributed by atoms with E-state index in [0.717, 1.165) is 13.0 Å². The lowest BCUT2D eigenvalue weighted by Crippen LogP contribution is -2.21. The molecule has 0 aromatic rings. The zero-order chi connectivity index (χ0) is 6.85. The first-order valence-corrected chi connectivity index (χ1v) is 3.55. The lowest BCUT2D eigenvalue weighted by molar-refractivity contribution is 0.227. The number of aliphatic hydroxyl groups excluding tert-OH is 1. The van der Waals surface area contributed by atoms with Gasteiger partial charge in [-0.2, -0.15) is 0 Å². The van der Waals surface area contributed by atoms with Crippen LogP contribution < -0.4 is 0 Å². The van der Waals surface area contributed by atoms with Crippen LogP contribution in [0.4, 0.5) is 0 Å². The highest BCUT2D eigenvalue weighted by Gasteiger charge is 2.24. The molecule has 2 nitrogen and oxygen atoms in total. The van der Waals surface area contributed by atoms with Crippen molar-refractivity contribution in [3.05, 3.63) is 0 Å². The maximum Gasteiger partial charge on any atom is 0.0472 e. The van der Waals surface area contributed by atoms with Crippen molar-refractivity contribution < 1.29 is 5.11 Å². The maximum absolute atomic E-state index is 8.77. The van der Waals surface area contributed by atoms with Crippen molar-refractivity contribution in [1.82, 2.24) is 4.90 Å². The van der Waals surface area contributed by atoms with Gasteiger partial charge in [-0.15, -0.1) is 0 Å². The van der Waals surface area contributed by atoms with E-state index in [9.17, 15) is 0 Å². The zero-order valence-corrected chi connectivity index (χ0v) is 6.17. The Morgan fingerprint density at radius 2 is 2.33 bits per heavy atom. The van der Waals surface area contributed by atoms with E-state index in [2.05, 4.69) is 18.9 Å². The van der Waals surface area contributed by atoms with E-state index in [1.807, 2.05) is 0 Å². The molecule has 0 aromatic carbocycles. The molecule has 1 unspecified atom stereocenters. The summed E-state index contributed by atoms with van der Waals surface area (Å²) in [4.78, 5) is 2.29. The quantitative estimate of drug-likeness (QED) is 0.551. The fraction of sp³-hybridized carbons (Fsp3) is 1.00. The second-order valence-electron chi connectivity index (χ2n) is 3.07. The summed E-state index contributed by atoms with van der Waals surface area (Å²) in [5, 5.41) is 8.77. The molecule has 0 bridgehead atoms. The summed E-state index contributed by atoms with van der Waals surface area (Å²) >= 11 is 0. The molecule has 0 saturated carbocycles. The first kappa shape index (κ1) is 7.03. The van der Waals surface area contributed by atoms with Crippen molar-refractivity contribution in [2.24, 2.45) is 5.92 Å². The third-order valence-electron chi connectivity index (χ3n) is 2.23. The van der Waals surface area contributed by atoms with Gasteiger partial charge in [0.05, 0.1) is 0 Å². The molecule has 0 spiro atoms. The Morgan fingerprint density at radius 1 is 1.67 bits per heavy atom. The summed E-state index contributed by atoms with van der Waals surface area (Å²) in [6, 6.07) is 0.669. The van der Waals surface area contributed by atoms with Gasteiger partial charge in [-0.1, -0.05) is 0 Å². The molecule has 1 N–H and O–H groups in total. The van der Waals surface area contributed by atoms with Gasteiger partial charge in [0.1, 0.15) is 0 Å². The van der Waals surface area contributed by atoms with E-state index < -0.39 is 0 Å². The van der Waals surface area contributed by atoms with Gasteiger partial charge in [-0.3, -0.25) is 0 Å². The first-order valence-electron chi connectivity index (χ1n) is 3.55. The third-order valence-corrected chi connectivity index (χ3v) is 2.23. The molecule has 9 heavy (non-hydrogen) atoms. The van der Waals surface area contributed by atoms with E-state index in [0.29, 0.717) is 18.6 Å². The van der Waals surface area contributed by atoms with E-state index in [-0.39, 0.29) is 0 Å². The molecule has 54 valence electrons. The highest BCUT2D eigenvalue weighted by molar-refractivity contribution is 4.78. The molecule has 0 radical (unpaired) electrons. The molecule has 1 rings (SSSR count). The molecular weight excluding hydrogens is 114 g/mol. The van der Waals surface area contributed by atoms with Crippen molar-refractivity contribution in [2.45, 2.75) is 19.4 Å². The molecule has 2 heteroatoms. The number of aliphatic hydroxyl groups is 1. The van der Waals surface area contributed by atoms with Crippen LogP contribution in [0, 0.1) is 5.92 Å². The molecule has 0 aromatic heterocycles. The van der Waals surface area contributed by atoms with E-state index in [1.165, 1.54) is 0 Å². The van der Waals surface area contributed by atoms with Gasteiger partial charge >= 0.3 is 0 Å². The third kappa shape index (κ3) is 1.43. The summed E-state index contributed by atoms with van der Waals surface area (Å²) in [5.74, 6) is 0.532. The van der Waals surface area contributed by atoms with E-state index >= 15 is 0 Å². The Kier molecular flexibility index (Phi) is 2.09. The molecule has 0 aliphatic carbocycles. The lowest BCUT2D eigenvalue weighted by Gasteiger charge is -2.12. The Hall–Kier alpha value is -0.0800. The summed E-state index contributed by atoms with van der Waals surface area (Å²) in [6.07, 6.45) is 1.16. The summed E-state index contributed by atoms with van der Waals surface area (Å²) < 4.78 is 0. The van der Waals surface area contributed by atoms with Crippen molar-refractivity contribution in [1.29, 1.82) is 0 Å². The molecule has 1 saturated heterocycles. The Bertz CT molecular complexity index is 84.9. The topological polar surface area (TPSA) is 23.5 Å². The molecule has 1 fully saturated rings. The molecular formula is C7H15NO. The Labute approximate surface area is 56.5 Å². The minimum atomic E-state index is 0.356. The Balaban J connectivity index is 2.35. The molecule has 1 aliphatic heterocycles. The number of likely N-dealkylation sites (tertiary alicyclic amines) is 1. The lowest BCUT2D eigenvalue weighted by atomic mass is 10.1. The summed E-state index contributed by atoms with van der Waals surface area (Å²) in [7, 11) is 2.11. The number of rotatable bonds is 1. The van der Waals surface area contributed by atoms with Crippen LogP contribution in [0.1, 0.15) is 13.3 Å². The monoisotopic (exact) mass is 129 g/mol. The van der Waals surface area contributed by atoms with Crippen molar-refractivity contribution in [3.63, 3.8) is 0 Å². The van der Waals surface area contributed by atoms with Crippen LogP contribution in [0.2, 0.25) is 0 Å². The summed E-state index contributed by atoms with van der Waals surface area (Å²) in [5.41, 5.74) is 0. The van der Waals surface area contributed by atoms with Crippen molar-refractivity contribution in [2.75, 3.05) is 20.2 Å². The Morgan fingerprint density at radius 3 is 2.56 bits per heavy atom. The average Bonchev–Trinajstić information content (AvgIpc) is 2.13. The predicted octanol–water partition coefficient (Wildman–Crippen LogP) is 0.319. The predicted molar refractivity (Wildman–Crippen MR) is 37.3 cm³/mol. The number of hydrogen-bond acceptors (Lipinski definition) is 2. The van der Waals surface area contributed by atoms with Crippen LogP contribution in [-0.2, 0) is 0 Å². The fourth-order valence-corrected chi connectivity index (χ4v) is 1.46. The van der Waals surface area contributed by atoms with Crippen LogP contribution >= 0.6 is 0 Å². The van der Waals surface area contributed by atoms with Crippen LogP contribution in [-0.4, -0.2) is 36.2 Å². The van der Waals surface area contributed by atoms with Crippen LogP contribution in [0.25, 0.3) is 0 Å². The van der Waals surface area contributed by atoms with Gasteiger partial charge in [-0.05, 0) is 26.3 Å². The fourth-order valence-electron chi connectivity index (χ4n) is 1.46. The highest BCUT2D eigenvalue weighted by atomic mass is 16.3. The second-order valence-corrected chi connectivity index (χ2v) is 3.07. The minimum Gasteiger partial charge on any atom is -0.396 e. The molecule has 0 amide bonds. The summed E-state index contributed by atoms with van der Waals surface area (Å²) in [6.45, 7) is 3.63. The smallest absolute Gasteiger partial charge is 0.0472 e. The van der Waals surface area contributed by atoms with E-state index in [1.54, 1.807) is 0 Å². The largest absolute Gasteiger partial charge is 0.396 e. The number of nitrogens with zero attached hydrogens (tertiary/aromatic N) is 1. The second kappa shape index (κ2) is 2.67. The zero-order valence-electron chi connectivity index (χ0n) is 6.17. The standard InChI is InChI=1S/C7H15NO/c1-6-3-7(5-9)4-8(6)2/h6-7,9H,3-5H2,1-2H3/t6-,7?/m0/s1. The van der Waals surface area contributed by atoms with Crippen LogP contribution in [0.15, 0.2) is 0 Å².